The average Bonchev–Trinajstić information content (AvgIpc) is 3.20. The highest BCUT2D eigenvalue weighted by molar-refractivity contribution is 7.47. The van der Waals surface area contributed by atoms with Gasteiger partial charge in [-0.1, -0.05) is 135 Å². The fourth-order valence-electron chi connectivity index (χ4n) is 4.53. The fraction of sp³-hybridized carbons (Fsp3) is 0.522. The molecule has 0 amide bonds. The number of rotatable bonds is 36. The van der Waals surface area contributed by atoms with Gasteiger partial charge in [-0.15, -0.1) is 0 Å². The number of aliphatic hydroxyl groups is 2. The van der Waals surface area contributed by atoms with E-state index in [1.165, 1.54) is 0 Å². The summed E-state index contributed by atoms with van der Waals surface area (Å²) in [5.74, 6) is -1.08. The van der Waals surface area contributed by atoms with Gasteiger partial charge in [0, 0.05) is 12.8 Å². The Morgan fingerprint density at radius 2 is 0.877 bits per heavy atom. The van der Waals surface area contributed by atoms with Gasteiger partial charge < -0.3 is 24.6 Å². The van der Waals surface area contributed by atoms with Crippen LogP contribution >= 0.6 is 7.82 Å². The maximum atomic E-state index is 12.6. The van der Waals surface area contributed by atoms with Crippen molar-refractivity contribution in [2.24, 2.45) is 0 Å². The highest BCUT2D eigenvalue weighted by Gasteiger charge is 2.27. The predicted octanol–water partition coefficient (Wildman–Crippen LogP) is 10.8. The minimum Gasteiger partial charge on any atom is -0.462 e. The van der Waals surface area contributed by atoms with Gasteiger partial charge in [0.2, 0.25) is 0 Å². The largest absolute Gasteiger partial charge is 0.472 e. The first kappa shape index (κ1) is 53.4. The lowest BCUT2D eigenvalue weighted by molar-refractivity contribution is -0.161. The van der Waals surface area contributed by atoms with Gasteiger partial charge in [-0.25, -0.2) is 4.57 Å². The Balaban J connectivity index is 4.56. The smallest absolute Gasteiger partial charge is 0.462 e. The van der Waals surface area contributed by atoms with Gasteiger partial charge in [-0.3, -0.25) is 18.6 Å². The molecule has 0 fully saturated rings. The number of carbonyl (C=O) groups is 2. The average molecular weight is 815 g/mol. The maximum absolute atomic E-state index is 12.6. The van der Waals surface area contributed by atoms with E-state index in [9.17, 15) is 24.2 Å². The first-order chi connectivity index (χ1) is 27.7. The molecule has 320 valence electrons. The molecule has 0 spiro atoms. The second-order valence-corrected chi connectivity index (χ2v) is 14.3. The van der Waals surface area contributed by atoms with Gasteiger partial charge in [-0.05, 0) is 89.9 Å². The molecule has 0 aliphatic rings. The van der Waals surface area contributed by atoms with Crippen molar-refractivity contribution >= 4 is 19.8 Å². The molecule has 0 heterocycles. The van der Waals surface area contributed by atoms with Gasteiger partial charge in [0.25, 0.3) is 0 Å². The number of ether oxygens (including phenoxy) is 2. The summed E-state index contributed by atoms with van der Waals surface area (Å²) in [6.45, 7) is 1.98. The Morgan fingerprint density at radius 3 is 1.26 bits per heavy atom. The number of phosphoric ester groups is 1. The Bertz CT molecular complexity index is 1350. The van der Waals surface area contributed by atoms with Crippen molar-refractivity contribution in [3.05, 3.63) is 122 Å². The van der Waals surface area contributed by atoms with E-state index in [-0.39, 0.29) is 19.4 Å². The normalized spacial score (nSPS) is 15.1. The molecule has 11 heteroatoms. The van der Waals surface area contributed by atoms with Crippen LogP contribution in [0.25, 0.3) is 0 Å². The molecule has 0 saturated heterocycles. The van der Waals surface area contributed by atoms with Gasteiger partial charge in [0.1, 0.15) is 12.7 Å². The molecule has 1 unspecified atom stereocenters. The summed E-state index contributed by atoms with van der Waals surface area (Å²) in [5.41, 5.74) is 0. The fourth-order valence-corrected chi connectivity index (χ4v) is 5.32. The molecule has 0 aliphatic carbocycles. The lowest BCUT2D eigenvalue weighted by Gasteiger charge is -2.20. The number of hydrogen-bond donors (Lipinski definition) is 3. The van der Waals surface area contributed by atoms with Crippen molar-refractivity contribution in [3.8, 4) is 0 Å². The van der Waals surface area contributed by atoms with E-state index in [1.54, 1.807) is 0 Å². The van der Waals surface area contributed by atoms with E-state index in [0.717, 1.165) is 64.2 Å². The molecule has 57 heavy (non-hydrogen) atoms. The summed E-state index contributed by atoms with van der Waals surface area (Å²) >= 11 is 0. The SMILES string of the molecule is CC/C=C\C/C=C\C/C=C\C/C=C\C/C=C\CCCC(=O)OC[C@H](COP(=O)(O)OC[C@@H](O)CO)OC(=O)CCC/C=C\C/C=C\C/C=C\C/C=C\C/C=C\CC. The van der Waals surface area contributed by atoms with Crippen LogP contribution in [0.3, 0.4) is 0 Å². The van der Waals surface area contributed by atoms with E-state index in [1.807, 2.05) is 24.3 Å². The quantitative estimate of drug-likeness (QED) is 0.0241. The Hall–Kier alpha value is -3.63. The minimum absolute atomic E-state index is 0.0853. The van der Waals surface area contributed by atoms with Crippen LogP contribution < -0.4 is 0 Å². The third-order valence-electron chi connectivity index (χ3n) is 7.61. The van der Waals surface area contributed by atoms with Crippen molar-refractivity contribution in [2.45, 2.75) is 129 Å². The van der Waals surface area contributed by atoms with Crippen molar-refractivity contribution in [3.63, 3.8) is 0 Å². The number of unbranched alkanes of at least 4 members (excludes halogenated alkanes) is 2. The zero-order chi connectivity index (χ0) is 41.9. The van der Waals surface area contributed by atoms with Gasteiger partial charge in [0.15, 0.2) is 6.10 Å². The third-order valence-corrected chi connectivity index (χ3v) is 8.56. The summed E-state index contributed by atoms with van der Waals surface area (Å²) in [5, 5.41) is 18.3. The van der Waals surface area contributed by atoms with Crippen molar-refractivity contribution in [1.29, 1.82) is 0 Å². The maximum Gasteiger partial charge on any atom is 0.472 e. The van der Waals surface area contributed by atoms with Crippen LogP contribution in [0.1, 0.15) is 117 Å². The van der Waals surface area contributed by atoms with E-state index in [4.69, 9.17) is 19.1 Å². The summed E-state index contributed by atoms with van der Waals surface area (Å²) in [6.07, 6.45) is 51.8. The number of carbonyl (C=O) groups excluding carboxylic acids is 2. The molecule has 0 aliphatic heterocycles. The molecule has 3 atom stereocenters. The van der Waals surface area contributed by atoms with E-state index >= 15 is 0 Å². The Kier molecular flexibility index (Phi) is 38.0. The van der Waals surface area contributed by atoms with Crippen molar-refractivity contribution in [1.82, 2.24) is 0 Å². The second-order valence-electron chi connectivity index (χ2n) is 12.9. The van der Waals surface area contributed by atoms with Crippen LogP contribution in [0, 0.1) is 0 Å². The summed E-state index contributed by atoms with van der Waals surface area (Å²) in [7, 11) is -4.65. The molecule has 0 saturated carbocycles. The topological polar surface area (TPSA) is 149 Å². The van der Waals surface area contributed by atoms with Gasteiger partial charge in [-0.2, -0.15) is 0 Å². The van der Waals surface area contributed by atoms with Crippen LogP contribution in [0.5, 0.6) is 0 Å². The molecule has 0 aromatic heterocycles. The second kappa shape index (κ2) is 40.6. The molecule has 0 aromatic carbocycles. The Labute approximate surface area is 343 Å². The monoisotopic (exact) mass is 814 g/mol. The molecule has 0 radical (unpaired) electrons. The summed E-state index contributed by atoms with van der Waals surface area (Å²) in [4.78, 5) is 34.9. The zero-order valence-electron chi connectivity index (χ0n) is 34.5. The first-order valence-corrected chi connectivity index (χ1v) is 22.0. The minimum atomic E-state index is -4.65. The lowest BCUT2D eigenvalue weighted by atomic mass is 10.2. The van der Waals surface area contributed by atoms with Crippen molar-refractivity contribution in [2.75, 3.05) is 26.4 Å². The number of aliphatic hydroxyl groups excluding tert-OH is 2. The number of phosphoric acid groups is 1. The summed E-state index contributed by atoms with van der Waals surface area (Å²) < 4.78 is 32.5. The lowest BCUT2D eigenvalue weighted by Crippen LogP contribution is -2.29. The molecule has 0 rings (SSSR count). The summed E-state index contributed by atoms with van der Waals surface area (Å²) in [6, 6.07) is 0. The van der Waals surface area contributed by atoms with Crippen LogP contribution in [-0.2, 0) is 32.7 Å². The first-order valence-electron chi connectivity index (χ1n) is 20.5. The van der Waals surface area contributed by atoms with E-state index in [2.05, 4.69) is 116 Å². The van der Waals surface area contributed by atoms with Crippen LogP contribution in [0.15, 0.2) is 122 Å². The number of esters is 2. The van der Waals surface area contributed by atoms with Gasteiger partial charge >= 0.3 is 19.8 Å². The molecule has 0 bridgehead atoms. The van der Waals surface area contributed by atoms with E-state index in [0.29, 0.717) is 25.7 Å². The van der Waals surface area contributed by atoms with Crippen LogP contribution in [0.2, 0.25) is 0 Å². The number of allylic oxidation sites excluding steroid dienone is 20. The van der Waals surface area contributed by atoms with Crippen LogP contribution in [0.4, 0.5) is 0 Å². The van der Waals surface area contributed by atoms with Crippen LogP contribution in [-0.4, -0.2) is 65.7 Å². The molecular weight excluding hydrogens is 743 g/mol. The van der Waals surface area contributed by atoms with Gasteiger partial charge in [0.05, 0.1) is 19.8 Å². The highest BCUT2D eigenvalue weighted by atomic mass is 31.2. The highest BCUT2D eigenvalue weighted by Crippen LogP contribution is 2.43. The predicted molar refractivity (Wildman–Crippen MR) is 232 cm³/mol. The van der Waals surface area contributed by atoms with Crippen molar-refractivity contribution < 1.29 is 47.8 Å². The van der Waals surface area contributed by atoms with E-state index < -0.39 is 51.8 Å². The third kappa shape index (κ3) is 40.4. The Morgan fingerprint density at radius 1 is 0.526 bits per heavy atom. The molecule has 3 N–H and O–H groups in total. The standard InChI is InChI=1S/C46H71O10P/c1-3-5-7-9-11-13-15-17-19-21-23-25-27-29-31-33-35-37-45(49)53-41-44(42-55-57(51,52)54-40-43(48)39-47)56-46(50)38-36-34-32-30-28-26-24-22-20-18-16-14-12-10-8-6-4-2/h5-8,11-14,17-20,23-26,29-32,43-44,47-48H,3-4,9-10,15-16,21-22,27-28,33-42H2,1-2H3,(H,51,52)/b7-5-,8-6-,13-11-,14-12-,19-17-,20-18-,25-23-,26-24-,31-29-,32-30-/t43-,44+/m0/s1. The molecule has 10 nitrogen and oxygen atoms in total. The molecular formula is C46H71O10P. The zero-order valence-corrected chi connectivity index (χ0v) is 35.4. The molecule has 0 aromatic rings. The number of hydrogen-bond acceptors (Lipinski definition) is 9.